The zero-order chi connectivity index (χ0) is 34.3. The van der Waals surface area contributed by atoms with E-state index in [0.29, 0.717) is 17.1 Å². The Balaban J connectivity index is 1.29. The fraction of sp³-hybridized carbons (Fsp3) is 0. The molecule has 7 aromatic carbocycles. The Hall–Kier alpha value is -6.91. The first-order chi connectivity index (χ1) is 25.1. The van der Waals surface area contributed by atoms with E-state index in [4.69, 9.17) is 19.6 Å². The Morgan fingerprint density at radius 3 is 1.65 bits per heavy atom. The van der Waals surface area contributed by atoms with Gasteiger partial charge in [0.1, 0.15) is 22.3 Å². The third kappa shape index (κ3) is 5.49. The van der Waals surface area contributed by atoms with E-state index in [9.17, 15) is 0 Å². The molecular formula is C47H32N2O2. The van der Waals surface area contributed by atoms with Gasteiger partial charge in [0.05, 0.1) is 17.0 Å². The average Bonchev–Trinajstić information content (AvgIpc) is 3.75. The highest BCUT2D eigenvalue weighted by molar-refractivity contribution is 6.23. The van der Waals surface area contributed by atoms with Gasteiger partial charge in [-0.15, -0.1) is 0 Å². The first-order valence-electron chi connectivity index (χ1n) is 16.9. The summed E-state index contributed by atoms with van der Waals surface area (Å²) in [6.07, 6.45) is 1.93. The molecule has 2 heterocycles. The van der Waals surface area contributed by atoms with Crippen LogP contribution in [0.5, 0.6) is 0 Å². The molecule has 2 N–H and O–H groups in total. The third-order valence-electron chi connectivity index (χ3n) is 9.42. The summed E-state index contributed by atoms with van der Waals surface area (Å²) < 4.78 is 13.4. The van der Waals surface area contributed by atoms with Crippen molar-refractivity contribution in [3.05, 3.63) is 193 Å². The zero-order valence-electron chi connectivity index (χ0n) is 27.7. The van der Waals surface area contributed by atoms with Gasteiger partial charge < -0.3 is 14.6 Å². The van der Waals surface area contributed by atoms with Gasteiger partial charge >= 0.3 is 0 Å². The van der Waals surface area contributed by atoms with E-state index in [1.54, 1.807) is 0 Å². The molecule has 51 heavy (non-hydrogen) atoms. The Morgan fingerprint density at radius 1 is 0.490 bits per heavy atom. The molecule has 0 saturated carbocycles. The van der Waals surface area contributed by atoms with Gasteiger partial charge in [0.25, 0.3) is 0 Å². The molecule has 0 bridgehead atoms. The molecule has 9 rings (SSSR count). The van der Waals surface area contributed by atoms with Crippen LogP contribution in [0.25, 0.3) is 77.5 Å². The van der Waals surface area contributed by atoms with Crippen LogP contribution in [-0.2, 0) is 0 Å². The van der Waals surface area contributed by atoms with Gasteiger partial charge in [-0.2, -0.15) is 0 Å². The quantitative estimate of drug-likeness (QED) is 0.174. The molecule has 0 spiro atoms. The number of nitrogens with zero attached hydrogens (tertiary/aromatic N) is 1. The minimum absolute atomic E-state index is 0.611. The van der Waals surface area contributed by atoms with Crippen molar-refractivity contribution in [1.29, 1.82) is 0 Å². The molecule has 0 saturated heterocycles. The van der Waals surface area contributed by atoms with Gasteiger partial charge in [-0.1, -0.05) is 134 Å². The minimum atomic E-state index is 0.611. The van der Waals surface area contributed by atoms with Crippen molar-refractivity contribution in [2.75, 3.05) is 0 Å². The molecule has 4 heteroatoms. The summed E-state index contributed by atoms with van der Waals surface area (Å²) in [7, 11) is 0. The number of fused-ring (bicyclic) bond motifs is 6. The fourth-order valence-electron chi connectivity index (χ4n) is 6.86. The van der Waals surface area contributed by atoms with Crippen molar-refractivity contribution in [3.63, 3.8) is 0 Å². The Morgan fingerprint density at radius 2 is 1.02 bits per heavy atom. The molecule has 9 aromatic rings. The number of allylic oxidation sites excluding steroid dienone is 1. The van der Waals surface area contributed by atoms with E-state index >= 15 is 0 Å². The highest BCUT2D eigenvalue weighted by atomic mass is 16.3. The van der Waals surface area contributed by atoms with Crippen molar-refractivity contribution in [2.24, 2.45) is 10.7 Å². The largest absolute Gasteiger partial charge is 0.455 e. The molecule has 4 nitrogen and oxygen atoms in total. The lowest BCUT2D eigenvalue weighted by atomic mass is 9.97. The van der Waals surface area contributed by atoms with E-state index < -0.39 is 0 Å². The zero-order valence-corrected chi connectivity index (χ0v) is 27.7. The van der Waals surface area contributed by atoms with E-state index in [-0.39, 0.29) is 0 Å². The summed E-state index contributed by atoms with van der Waals surface area (Å²) >= 11 is 0. The predicted molar refractivity (Wildman–Crippen MR) is 212 cm³/mol. The van der Waals surface area contributed by atoms with Crippen molar-refractivity contribution < 1.29 is 8.83 Å². The lowest BCUT2D eigenvalue weighted by Crippen LogP contribution is -2.04. The molecule has 0 aliphatic heterocycles. The summed E-state index contributed by atoms with van der Waals surface area (Å²) in [5.74, 6) is 0. The van der Waals surface area contributed by atoms with Crippen molar-refractivity contribution in [2.45, 2.75) is 0 Å². The lowest BCUT2D eigenvalue weighted by molar-refractivity contribution is 0.658. The van der Waals surface area contributed by atoms with Crippen LogP contribution in [0.15, 0.2) is 190 Å². The highest BCUT2D eigenvalue weighted by Gasteiger charge is 2.22. The average molecular weight is 657 g/mol. The Labute approximate surface area is 295 Å². The first-order valence-corrected chi connectivity index (χ1v) is 16.9. The minimum Gasteiger partial charge on any atom is -0.455 e. The summed E-state index contributed by atoms with van der Waals surface area (Å²) in [5.41, 5.74) is 18.8. The summed E-state index contributed by atoms with van der Waals surface area (Å²) in [6, 6.07) is 55.5. The molecule has 0 aliphatic rings. The van der Waals surface area contributed by atoms with Crippen molar-refractivity contribution in [3.8, 4) is 22.3 Å². The number of nitrogens with two attached hydrogens (primary N) is 1. The number of hydrogen-bond donors (Lipinski definition) is 1. The van der Waals surface area contributed by atoms with Gasteiger partial charge in [0.15, 0.2) is 0 Å². The van der Waals surface area contributed by atoms with Crippen LogP contribution in [0.2, 0.25) is 0 Å². The maximum Gasteiger partial charge on any atom is 0.147 e. The summed E-state index contributed by atoms with van der Waals surface area (Å²) in [5, 5.41) is 4.05. The standard InChI is InChI=1S/C47H32N2O2/c1-30(31-14-6-2-7-15-31)49-42(29-41(48)33-18-10-4-11-19-33)36-23-25-44-38(27-36)40-28-39-37-26-35(32-16-8-3-9-17-32)22-24-43(37)50-46(39)45(47(40)51-44)34-20-12-5-13-21-34/h2-29H,1,48H2/b41-29-,49-42?. The van der Waals surface area contributed by atoms with Gasteiger partial charge in [-0.05, 0) is 70.3 Å². The van der Waals surface area contributed by atoms with Gasteiger partial charge in [-0.25, -0.2) is 4.99 Å². The summed E-state index contributed by atoms with van der Waals surface area (Å²) in [4.78, 5) is 5.06. The van der Waals surface area contributed by atoms with Crippen LogP contribution in [-0.4, -0.2) is 5.71 Å². The van der Waals surface area contributed by atoms with Crippen LogP contribution < -0.4 is 5.73 Å². The van der Waals surface area contributed by atoms with E-state index in [2.05, 4.69) is 73.3 Å². The smallest absolute Gasteiger partial charge is 0.147 e. The lowest BCUT2D eigenvalue weighted by Gasteiger charge is -2.08. The molecule has 0 fully saturated rings. The first kappa shape index (κ1) is 30.2. The maximum atomic E-state index is 6.71. The number of rotatable bonds is 7. The molecule has 0 radical (unpaired) electrons. The molecule has 242 valence electrons. The molecule has 0 aliphatic carbocycles. The van der Waals surface area contributed by atoms with Crippen LogP contribution in [0, 0.1) is 0 Å². The van der Waals surface area contributed by atoms with Gasteiger partial charge in [0.2, 0.25) is 0 Å². The van der Waals surface area contributed by atoms with Crippen LogP contribution in [0.3, 0.4) is 0 Å². The Bertz CT molecular complexity index is 2790. The van der Waals surface area contributed by atoms with Gasteiger partial charge in [-0.3, -0.25) is 0 Å². The number of hydrogen-bond acceptors (Lipinski definition) is 4. The molecule has 0 amide bonds. The maximum absolute atomic E-state index is 6.71. The van der Waals surface area contributed by atoms with E-state index in [1.807, 2.05) is 103 Å². The number of benzene rings is 7. The van der Waals surface area contributed by atoms with E-state index in [0.717, 1.165) is 82.8 Å². The topological polar surface area (TPSA) is 64.7 Å². The van der Waals surface area contributed by atoms with Crippen LogP contribution >= 0.6 is 0 Å². The Kier molecular flexibility index (Phi) is 7.41. The fourth-order valence-corrected chi connectivity index (χ4v) is 6.86. The second-order valence-electron chi connectivity index (χ2n) is 12.6. The van der Waals surface area contributed by atoms with Crippen LogP contribution in [0.1, 0.15) is 16.7 Å². The predicted octanol–water partition coefficient (Wildman–Crippen LogP) is 12.3. The second-order valence-corrected chi connectivity index (χ2v) is 12.6. The van der Waals surface area contributed by atoms with Gasteiger partial charge in [0, 0.05) is 32.8 Å². The van der Waals surface area contributed by atoms with Crippen molar-refractivity contribution in [1.82, 2.24) is 0 Å². The third-order valence-corrected chi connectivity index (χ3v) is 9.42. The SMILES string of the molecule is C=C(N=C(/C=C(\N)c1ccccc1)c1ccc2oc3c(-c4ccccc4)c4oc5ccc(-c6ccccc6)cc5c4cc3c2c1)c1ccccc1. The number of furan rings is 2. The highest BCUT2D eigenvalue weighted by Crippen LogP contribution is 2.45. The van der Waals surface area contributed by atoms with Crippen molar-refractivity contribution >= 4 is 61.0 Å². The molecule has 2 aromatic heterocycles. The van der Waals surface area contributed by atoms with E-state index in [1.165, 1.54) is 0 Å². The normalized spacial score (nSPS) is 12.3. The molecule has 0 unspecified atom stereocenters. The monoisotopic (exact) mass is 656 g/mol. The second kappa shape index (κ2) is 12.5. The molecular weight excluding hydrogens is 625 g/mol. The number of aliphatic imine (C=N–C) groups is 1. The molecule has 0 atom stereocenters. The van der Waals surface area contributed by atoms with Crippen LogP contribution in [0.4, 0.5) is 0 Å². The summed E-state index contributed by atoms with van der Waals surface area (Å²) in [6.45, 7) is 4.32.